The summed E-state index contributed by atoms with van der Waals surface area (Å²) in [5.74, 6) is 2.03. The molecule has 1 aliphatic rings. The number of nitrogens with zero attached hydrogens (tertiary/aromatic N) is 2. The van der Waals surface area contributed by atoms with E-state index in [-0.39, 0.29) is 17.2 Å². The van der Waals surface area contributed by atoms with Gasteiger partial charge in [0.15, 0.2) is 0 Å². The Morgan fingerprint density at radius 2 is 1.89 bits per heavy atom. The summed E-state index contributed by atoms with van der Waals surface area (Å²) >= 11 is 0. The third kappa shape index (κ3) is 6.67. The Kier molecular flexibility index (Phi) is 8.13. The highest BCUT2D eigenvalue weighted by atomic mass is 16.5. The number of amides is 1. The van der Waals surface area contributed by atoms with Gasteiger partial charge in [-0.05, 0) is 63.6 Å². The first-order valence-electron chi connectivity index (χ1n) is 10.1. The number of methoxy groups -OCH3 is 2. The van der Waals surface area contributed by atoms with Gasteiger partial charge in [-0.25, -0.2) is 0 Å². The average molecular weight is 392 g/mol. The van der Waals surface area contributed by atoms with Gasteiger partial charge in [0.25, 0.3) is 0 Å². The number of ether oxygens (including phenoxy) is 2. The molecule has 6 heteroatoms. The Bertz CT molecular complexity index is 638. The summed E-state index contributed by atoms with van der Waals surface area (Å²) in [5.41, 5.74) is 1.19. The highest BCUT2D eigenvalue weighted by molar-refractivity contribution is 5.78. The number of hydrogen-bond donors (Lipinski definition) is 1. The highest BCUT2D eigenvalue weighted by Gasteiger charge is 2.27. The SMILES string of the molecule is COc1ccc(OC)c(CN2CCC(C(=O)NCC(C)(C)CN(C)C)CC2)c1. The van der Waals surface area contributed by atoms with E-state index in [1.807, 2.05) is 18.2 Å². The minimum Gasteiger partial charge on any atom is -0.497 e. The number of carbonyl (C=O) groups is 1. The zero-order chi connectivity index (χ0) is 20.7. The molecule has 1 amide bonds. The molecule has 1 aromatic carbocycles. The summed E-state index contributed by atoms with van der Waals surface area (Å²) in [4.78, 5) is 17.1. The van der Waals surface area contributed by atoms with Gasteiger partial charge in [0.1, 0.15) is 11.5 Å². The zero-order valence-corrected chi connectivity index (χ0v) is 18.4. The predicted molar refractivity (Wildman–Crippen MR) is 113 cm³/mol. The summed E-state index contributed by atoms with van der Waals surface area (Å²) in [6.45, 7) is 8.69. The molecule has 1 aliphatic heterocycles. The van der Waals surface area contributed by atoms with E-state index in [4.69, 9.17) is 9.47 Å². The Morgan fingerprint density at radius 3 is 2.46 bits per heavy atom. The van der Waals surface area contributed by atoms with E-state index in [1.165, 1.54) is 0 Å². The summed E-state index contributed by atoms with van der Waals surface area (Å²) < 4.78 is 10.8. The van der Waals surface area contributed by atoms with E-state index < -0.39 is 0 Å². The first-order valence-corrected chi connectivity index (χ1v) is 10.1. The maximum absolute atomic E-state index is 12.6. The van der Waals surface area contributed by atoms with Gasteiger partial charge < -0.3 is 19.7 Å². The van der Waals surface area contributed by atoms with E-state index in [0.717, 1.165) is 56.1 Å². The van der Waals surface area contributed by atoms with Crippen LogP contribution in [0.1, 0.15) is 32.3 Å². The molecule has 0 aliphatic carbocycles. The van der Waals surface area contributed by atoms with Crippen molar-refractivity contribution in [3.8, 4) is 11.5 Å². The minimum absolute atomic E-state index is 0.0722. The largest absolute Gasteiger partial charge is 0.497 e. The molecule has 0 atom stereocenters. The number of hydrogen-bond acceptors (Lipinski definition) is 5. The molecule has 0 bridgehead atoms. The Morgan fingerprint density at radius 1 is 1.21 bits per heavy atom. The molecule has 1 saturated heterocycles. The molecule has 0 saturated carbocycles. The van der Waals surface area contributed by atoms with Crippen molar-refractivity contribution in [1.29, 1.82) is 0 Å². The van der Waals surface area contributed by atoms with Crippen LogP contribution in [0.25, 0.3) is 0 Å². The number of likely N-dealkylation sites (tertiary alicyclic amines) is 1. The van der Waals surface area contributed by atoms with Crippen LogP contribution in [0.3, 0.4) is 0 Å². The third-order valence-corrected chi connectivity index (χ3v) is 5.33. The first-order chi connectivity index (χ1) is 13.2. The van der Waals surface area contributed by atoms with Gasteiger partial charge in [-0.3, -0.25) is 9.69 Å². The van der Waals surface area contributed by atoms with E-state index in [2.05, 4.69) is 43.1 Å². The van der Waals surface area contributed by atoms with Gasteiger partial charge in [0.05, 0.1) is 14.2 Å². The van der Waals surface area contributed by atoms with Gasteiger partial charge in [0, 0.05) is 31.1 Å². The van der Waals surface area contributed by atoms with Crippen LogP contribution in [0.2, 0.25) is 0 Å². The quantitative estimate of drug-likeness (QED) is 0.701. The number of piperidine rings is 1. The second-order valence-corrected chi connectivity index (χ2v) is 8.85. The van der Waals surface area contributed by atoms with Crippen LogP contribution in [-0.4, -0.2) is 70.2 Å². The van der Waals surface area contributed by atoms with Crippen molar-refractivity contribution in [1.82, 2.24) is 15.1 Å². The molecule has 2 rings (SSSR count). The molecule has 158 valence electrons. The Hall–Kier alpha value is -1.79. The lowest BCUT2D eigenvalue weighted by Crippen LogP contribution is -2.44. The van der Waals surface area contributed by atoms with E-state index in [1.54, 1.807) is 14.2 Å². The fourth-order valence-electron chi connectivity index (χ4n) is 3.98. The molecular weight excluding hydrogens is 354 g/mol. The van der Waals surface area contributed by atoms with Crippen molar-refractivity contribution in [3.05, 3.63) is 23.8 Å². The third-order valence-electron chi connectivity index (χ3n) is 5.33. The molecule has 1 fully saturated rings. The van der Waals surface area contributed by atoms with Crippen LogP contribution in [0.5, 0.6) is 11.5 Å². The fourth-order valence-corrected chi connectivity index (χ4v) is 3.98. The zero-order valence-electron chi connectivity index (χ0n) is 18.4. The van der Waals surface area contributed by atoms with Crippen LogP contribution < -0.4 is 14.8 Å². The van der Waals surface area contributed by atoms with Crippen molar-refractivity contribution in [2.45, 2.75) is 33.2 Å². The summed E-state index contributed by atoms with van der Waals surface area (Å²) in [5, 5.41) is 3.18. The fraction of sp³-hybridized carbons (Fsp3) is 0.682. The minimum atomic E-state index is 0.0722. The smallest absolute Gasteiger partial charge is 0.223 e. The summed E-state index contributed by atoms with van der Waals surface area (Å²) in [6, 6.07) is 5.89. The number of carbonyl (C=O) groups excluding carboxylic acids is 1. The second-order valence-electron chi connectivity index (χ2n) is 8.85. The average Bonchev–Trinajstić information content (AvgIpc) is 2.65. The van der Waals surface area contributed by atoms with Gasteiger partial charge in [-0.2, -0.15) is 0 Å². The summed E-state index contributed by atoms with van der Waals surface area (Å²) in [7, 11) is 7.50. The lowest BCUT2D eigenvalue weighted by Gasteiger charge is -2.33. The standard InChI is InChI=1S/C22H37N3O3/c1-22(2,16-24(3)4)15-23-21(26)17-9-11-25(12-10-17)14-18-13-19(27-5)7-8-20(18)28-6/h7-8,13,17H,9-12,14-16H2,1-6H3,(H,23,26). The number of benzene rings is 1. The lowest BCUT2D eigenvalue weighted by atomic mass is 9.91. The van der Waals surface area contributed by atoms with Gasteiger partial charge in [-0.1, -0.05) is 13.8 Å². The maximum Gasteiger partial charge on any atom is 0.223 e. The first kappa shape index (κ1) is 22.5. The molecule has 1 heterocycles. The molecule has 0 aromatic heterocycles. The van der Waals surface area contributed by atoms with Crippen molar-refractivity contribution >= 4 is 5.91 Å². The second kappa shape index (κ2) is 10.1. The lowest BCUT2D eigenvalue weighted by molar-refractivity contribution is -0.127. The van der Waals surface area contributed by atoms with E-state index in [0.29, 0.717) is 6.54 Å². The van der Waals surface area contributed by atoms with E-state index in [9.17, 15) is 4.79 Å². The van der Waals surface area contributed by atoms with Gasteiger partial charge in [-0.15, -0.1) is 0 Å². The molecule has 0 unspecified atom stereocenters. The number of nitrogens with one attached hydrogen (secondary N) is 1. The van der Waals surface area contributed by atoms with Gasteiger partial charge in [0.2, 0.25) is 5.91 Å². The predicted octanol–water partition coefficient (Wildman–Crippen LogP) is 2.62. The Balaban J connectivity index is 1.83. The summed E-state index contributed by atoms with van der Waals surface area (Å²) in [6.07, 6.45) is 1.79. The molecule has 0 spiro atoms. The van der Waals surface area contributed by atoms with Crippen LogP contribution in [0, 0.1) is 11.3 Å². The normalized spacial score (nSPS) is 16.2. The molecule has 6 nitrogen and oxygen atoms in total. The van der Waals surface area contributed by atoms with Crippen molar-refractivity contribution in [3.63, 3.8) is 0 Å². The topological polar surface area (TPSA) is 54.0 Å². The monoisotopic (exact) mass is 391 g/mol. The molecule has 28 heavy (non-hydrogen) atoms. The molecule has 1 N–H and O–H groups in total. The molecule has 1 aromatic rings. The highest BCUT2D eigenvalue weighted by Crippen LogP contribution is 2.27. The van der Waals surface area contributed by atoms with Crippen LogP contribution in [-0.2, 0) is 11.3 Å². The van der Waals surface area contributed by atoms with Crippen LogP contribution >= 0.6 is 0 Å². The maximum atomic E-state index is 12.6. The van der Waals surface area contributed by atoms with Crippen LogP contribution in [0.4, 0.5) is 0 Å². The Labute approximate surface area is 170 Å². The van der Waals surface area contributed by atoms with Crippen LogP contribution in [0.15, 0.2) is 18.2 Å². The van der Waals surface area contributed by atoms with Gasteiger partial charge >= 0.3 is 0 Å². The van der Waals surface area contributed by atoms with Crippen molar-refractivity contribution in [2.24, 2.45) is 11.3 Å². The van der Waals surface area contributed by atoms with E-state index >= 15 is 0 Å². The molecule has 0 radical (unpaired) electrons. The van der Waals surface area contributed by atoms with Crippen molar-refractivity contribution < 1.29 is 14.3 Å². The van der Waals surface area contributed by atoms with Crippen molar-refractivity contribution in [2.75, 3.05) is 54.5 Å². The molecular formula is C22H37N3O3. The number of rotatable bonds is 9.